The van der Waals surface area contributed by atoms with Gasteiger partial charge in [-0.15, -0.1) is 11.3 Å². The maximum Gasteiger partial charge on any atom is 0.0361 e. The lowest BCUT2D eigenvalue weighted by Gasteiger charge is -2.13. The van der Waals surface area contributed by atoms with Gasteiger partial charge in [-0.2, -0.15) is 0 Å². The molecular weight excluding hydrogens is 537 g/mol. The van der Waals surface area contributed by atoms with E-state index in [4.69, 9.17) is 0 Å². The zero-order chi connectivity index (χ0) is 28.3. The van der Waals surface area contributed by atoms with Crippen molar-refractivity contribution in [3.63, 3.8) is 0 Å². The average molecular weight is 563 g/mol. The van der Waals surface area contributed by atoms with Gasteiger partial charge >= 0.3 is 0 Å². The molecule has 0 saturated carbocycles. The molecule has 0 N–H and O–H groups in total. The molecule has 9 aromatic rings. The van der Waals surface area contributed by atoms with Crippen LogP contribution in [-0.2, 0) is 0 Å². The molecule has 0 aliphatic rings. The van der Waals surface area contributed by atoms with E-state index in [1.165, 1.54) is 85.9 Å². The summed E-state index contributed by atoms with van der Waals surface area (Å²) in [5.41, 5.74) is 7.47. The van der Waals surface area contributed by atoms with Crippen molar-refractivity contribution in [2.75, 3.05) is 0 Å². The number of hydrogen-bond donors (Lipinski definition) is 0. The molecule has 9 rings (SSSR count). The Bertz CT molecular complexity index is 2480. The first-order valence-corrected chi connectivity index (χ1v) is 15.6. The number of hydrogen-bond acceptors (Lipinski definition) is 1. The minimum atomic E-state index is 1.23. The molecule has 1 aromatic heterocycles. The third-order valence-corrected chi connectivity index (χ3v) is 9.99. The van der Waals surface area contributed by atoms with Crippen LogP contribution in [0.15, 0.2) is 158 Å². The highest BCUT2D eigenvalue weighted by Crippen LogP contribution is 2.41. The Morgan fingerprint density at radius 3 is 1.42 bits per heavy atom. The molecular formula is C42H26S. The van der Waals surface area contributed by atoms with Gasteiger partial charge in [-0.1, -0.05) is 127 Å². The minimum Gasteiger partial charge on any atom is -0.135 e. The lowest BCUT2D eigenvalue weighted by molar-refractivity contribution is 1.59. The van der Waals surface area contributed by atoms with Crippen LogP contribution in [-0.4, -0.2) is 0 Å². The van der Waals surface area contributed by atoms with Crippen molar-refractivity contribution >= 4 is 63.8 Å². The SMILES string of the molecule is c1cc(-c2cccc(-c3cccc4sc5ccccc5c34)c2)cc(-c2ccc3c4ccccc4c4ccccc4c3c2)c1. The summed E-state index contributed by atoms with van der Waals surface area (Å²) < 4.78 is 2.67. The Kier molecular flexibility index (Phi) is 5.47. The molecule has 1 heteroatoms. The third-order valence-electron chi connectivity index (χ3n) is 8.85. The standard InChI is InChI=1S/C42H26S/c1-2-16-35-33(14-1)34-15-3-4-17-36(34)39-26-30(22-23-37(35)39)28-11-7-10-27(24-28)29-12-8-13-31(25-29)32-19-9-21-41-42(32)38-18-5-6-20-40(38)43-41/h1-26H. The molecule has 43 heavy (non-hydrogen) atoms. The highest BCUT2D eigenvalue weighted by molar-refractivity contribution is 7.25. The quantitative estimate of drug-likeness (QED) is 0.188. The average Bonchev–Trinajstić information content (AvgIpc) is 3.47. The number of thiophene rings is 1. The van der Waals surface area contributed by atoms with Crippen LogP contribution in [0.1, 0.15) is 0 Å². The molecule has 0 aliphatic carbocycles. The molecule has 0 amide bonds. The Balaban J connectivity index is 1.17. The monoisotopic (exact) mass is 562 g/mol. The maximum absolute atomic E-state index is 2.38. The lowest BCUT2D eigenvalue weighted by atomic mass is 9.91. The second kappa shape index (κ2) is 9.66. The molecule has 0 atom stereocenters. The van der Waals surface area contributed by atoms with Gasteiger partial charge in [0, 0.05) is 20.2 Å². The molecule has 0 fully saturated rings. The highest BCUT2D eigenvalue weighted by atomic mass is 32.1. The van der Waals surface area contributed by atoms with Gasteiger partial charge < -0.3 is 0 Å². The first-order chi connectivity index (χ1) is 21.3. The smallest absolute Gasteiger partial charge is 0.0361 e. The summed E-state index contributed by atoms with van der Waals surface area (Å²) >= 11 is 1.87. The van der Waals surface area contributed by atoms with Crippen molar-refractivity contribution in [3.05, 3.63) is 158 Å². The van der Waals surface area contributed by atoms with Crippen LogP contribution in [0.2, 0.25) is 0 Å². The van der Waals surface area contributed by atoms with Gasteiger partial charge in [0.05, 0.1) is 0 Å². The maximum atomic E-state index is 2.38. The lowest BCUT2D eigenvalue weighted by Crippen LogP contribution is -1.86. The van der Waals surface area contributed by atoms with E-state index in [0.717, 1.165) is 0 Å². The molecule has 0 spiro atoms. The second-order valence-electron chi connectivity index (χ2n) is 11.3. The summed E-state index contributed by atoms with van der Waals surface area (Å²) in [7, 11) is 0. The molecule has 0 bridgehead atoms. The van der Waals surface area contributed by atoms with Crippen LogP contribution < -0.4 is 0 Å². The molecule has 0 aliphatic heterocycles. The Labute approximate surface area is 254 Å². The molecule has 0 unspecified atom stereocenters. The van der Waals surface area contributed by atoms with E-state index in [9.17, 15) is 0 Å². The fourth-order valence-corrected chi connectivity index (χ4v) is 7.98. The van der Waals surface area contributed by atoms with E-state index in [1.54, 1.807) is 0 Å². The van der Waals surface area contributed by atoms with Crippen LogP contribution >= 0.6 is 11.3 Å². The van der Waals surface area contributed by atoms with Gasteiger partial charge in [0.2, 0.25) is 0 Å². The van der Waals surface area contributed by atoms with E-state index < -0.39 is 0 Å². The molecule has 8 aromatic carbocycles. The summed E-state index contributed by atoms with van der Waals surface area (Å²) in [6, 6.07) is 58.0. The first kappa shape index (κ1) is 24.4. The Morgan fingerprint density at radius 2 is 0.744 bits per heavy atom. The van der Waals surface area contributed by atoms with Gasteiger partial charge in [0.25, 0.3) is 0 Å². The van der Waals surface area contributed by atoms with E-state index in [0.29, 0.717) is 0 Å². The fourth-order valence-electron chi connectivity index (χ4n) is 6.85. The molecule has 0 radical (unpaired) electrons. The van der Waals surface area contributed by atoms with Crippen molar-refractivity contribution < 1.29 is 0 Å². The van der Waals surface area contributed by atoms with Crippen LogP contribution in [0.3, 0.4) is 0 Å². The predicted molar refractivity (Wildman–Crippen MR) is 188 cm³/mol. The summed E-state index contributed by atoms with van der Waals surface area (Å²) in [4.78, 5) is 0. The van der Waals surface area contributed by atoms with Gasteiger partial charge in [0.15, 0.2) is 0 Å². The predicted octanol–water partition coefficient (Wildman–Crippen LogP) is 12.5. The second-order valence-corrected chi connectivity index (χ2v) is 12.4. The third kappa shape index (κ3) is 3.90. The summed E-state index contributed by atoms with van der Waals surface area (Å²) in [6.07, 6.45) is 0. The molecule has 0 saturated heterocycles. The molecule has 1 heterocycles. The van der Waals surface area contributed by atoms with Crippen LogP contribution in [0, 0.1) is 0 Å². The van der Waals surface area contributed by atoms with Crippen molar-refractivity contribution in [2.24, 2.45) is 0 Å². The van der Waals surface area contributed by atoms with Gasteiger partial charge in [0.1, 0.15) is 0 Å². The van der Waals surface area contributed by atoms with Gasteiger partial charge in [-0.3, -0.25) is 0 Å². The van der Waals surface area contributed by atoms with E-state index in [-0.39, 0.29) is 0 Å². The largest absolute Gasteiger partial charge is 0.135 e. The van der Waals surface area contributed by atoms with Crippen LogP contribution in [0.5, 0.6) is 0 Å². The van der Waals surface area contributed by atoms with Gasteiger partial charge in [-0.25, -0.2) is 0 Å². The van der Waals surface area contributed by atoms with Crippen LogP contribution in [0.4, 0.5) is 0 Å². The topological polar surface area (TPSA) is 0 Å². The van der Waals surface area contributed by atoms with E-state index in [1.807, 2.05) is 11.3 Å². The molecule has 0 nitrogen and oxygen atoms in total. The highest BCUT2D eigenvalue weighted by Gasteiger charge is 2.13. The molecule has 200 valence electrons. The van der Waals surface area contributed by atoms with Crippen molar-refractivity contribution in [1.82, 2.24) is 0 Å². The summed E-state index contributed by atoms with van der Waals surface area (Å²) in [5.74, 6) is 0. The number of rotatable bonds is 3. The van der Waals surface area contributed by atoms with Crippen molar-refractivity contribution in [2.45, 2.75) is 0 Å². The summed E-state index contributed by atoms with van der Waals surface area (Å²) in [6.45, 7) is 0. The van der Waals surface area contributed by atoms with Crippen molar-refractivity contribution in [3.8, 4) is 33.4 Å². The van der Waals surface area contributed by atoms with Crippen molar-refractivity contribution in [1.29, 1.82) is 0 Å². The van der Waals surface area contributed by atoms with Gasteiger partial charge in [-0.05, 0) is 96.0 Å². The number of benzene rings is 8. The number of fused-ring (bicyclic) bond motifs is 9. The Morgan fingerprint density at radius 1 is 0.279 bits per heavy atom. The zero-order valence-corrected chi connectivity index (χ0v) is 24.2. The first-order valence-electron chi connectivity index (χ1n) is 14.8. The van der Waals surface area contributed by atoms with E-state index in [2.05, 4.69) is 158 Å². The minimum absolute atomic E-state index is 1.23. The van der Waals surface area contributed by atoms with Crippen LogP contribution in [0.25, 0.3) is 85.9 Å². The fraction of sp³-hybridized carbons (Fsp3) is 0. The van der Waals surface area contributed by atoms with E-state index >= 15 is 0 Å². The normalized spacial score (nSPS) is 11.7. The summed E-state index contributed by atoms with van der Waals surface area (Å²) in [5, 5.41) is 10.5. The Hall–Kier alpha value is -5.24. The zero-order valence-electron chi connectivity index (χ0n) is 23.4.